The van der Waals surface area contributed by atoms with Gasteiger partial charge < -0.3 is 19.5 Å². The molecule has 1 aromatic heterocycles. The van der Waals surface area contributed by atoms with Crippen molar-refractivity contribution in [3.63, 3.8) is 0 Å². The molecule has 0 saturated carbocycles. The number of rotatable bonds is 7. The van der Waals surface area contributed by atoms with Gasteiger partial charge in [-0.05, 0) is 49.4 Å². The van der Waals surface area contributed by atoms with E-state index in [4.69, 9.17) is 4.74 Å². The maximum atomic E-state index is 12.8. The van der Waals surface area contributed by atoms with E-state index in [0.717, 1.165) is 15.9 Å². The number of aromatic nitrogens is 1. The zero-order valence-electron chi connectivity index (χ0n) is 17.6. The van der Waals surface area contributed by atoms with Crippen molar-refractivity contribution in [2.24, 2.45) is 4.99 Å². The van der Waals surface area contributed by atoms with Crippen LogP contribution in [-0.4, -0.2) is 43.7 Å². The third kappa shape index (κ3) is 5.14. The van der Waals surface area contributed by atoms with Crippen molar-refractivity contribution in [1.82, 2.24) is 4.57 Å². The maximum Gasteiger partial charge on any atom is 0.279 e. The molecule has 30 heavy (non-hydrogen) atoms. The molecular formula is C22H26N4O3S. The van der Waals surface area contributed by atoms with Crippen LogP contribution in [-0.2, 0) is 16.1 Å². The van der Waals surface area contributed by atoms with E-state index in [1.807, 2.05) is 60.8 Å². The summed E-state index contributed by atoms with van der Waals surface area (Å²) in [4.78, 5) is 31.1. The molecule has 3 aromatic rings. The highest BCUT2D eigenvalue weighted by Gasteiger charge is 2.11. The molecule has 0 bridgehead atoms. The van der Waals surface area contributed by atoms with E-state index >= 15 is 0 Å². The van der Waals surface area contributed by atoms with Gasteiger partial charge in [0, 0.05) is 51.1 Å². The molecule has 0 fully saturated rings. The van der Waals surface area contributed by atoms with Gasteiger partial charge in [-0.25, -0.2) is 0 Å². The van der Waals surface area contributed by atoms with Crippen molar-refractivity contribution in [3.05, 3.63) is 52.8 Å². The van der Waals surface area contributed by atoms with Crippen molar-refractivity contribution in [2.75, 3.05) is 37.5 Å². The molecule has 0 aliphatic rings. The molecule has 0 saturated heterocycles. The van der Waals surface area contributed by atoms with Crippen LogP contribution in [0.2, 0.25) is 0 Å². The van der Waals surface area contributed by atoms with Gasteiger partial charge >= 0.3 is 0 Å². The van der Waals surface area contributed by atoms with E-state index in [1.165, 1.54) is 18.3 Å². The molecule has 1 heterocycles. The fraction of sp³-hybridized carbons (Fsp3) is 0.318. The largest absolute Gasteiger partial charge is 0.380 e. The first-order valence-electron chi connectivity index (χ1n) is 9.74. The Bertz CT molecular complexity index is 1110. The van der Waals surface area contributed by atoms with Crippen molar-refractivity contribution < 1.29 is 14.3 Å². The van der Waals surface area contributed by atoms with Gasteiger partial charge in [-0.2, -0.15) is 4.99 Å². The predicted octanol–water partition coefficient (Wildman–Crippen LogP) is 3.50. The van der Waals surface area contributed by atoms with E-state index < -0.39 is 0 Å². The Morgan fingerprint density at radius 2 is 1.90 bits per heavy atom. The first kappa shape index (κ1) is 21.7. The SMILES string of the molecule is CCOCCn1c(=NC(=O)c2ccc(N(C)C)cc2)sc2cc(NC(C)=O)ccc21. The van der Waals surface area contributed by atoms with Gasteiger partial charge in [0.15, 0.2) is 4.80 Å². The number of thiazole rings is 1. The van der Waals surface area contributed by atoms with Crippen LogP contribution in [0.5, 0.6) is 0 Å². The Hall–Kier alpha value is -2.97. The van der Waals surface area contributed by atoms with Gasteiger partial charge in [-0.1, -0.05) is 11.3 Å². The van der Waals surface area contributed by atoms with Crippen LogP contribution >= 0.6 is 11.3 Å². The molecule has 1 N–H and O–H groups in total. The first-order chi connectivity index (χ1) is 14.4. The standard InChI is InChI=1S/C22H26N4O3S/c1-5-29-13-12-26-19-11-8-17(23-15(2)27)14-20(19)30-22(26)24-21(28)16-6-9-18(10-7-16)25(3)4/h6-11,14H,5,12-13H2,1-4H3,(H,23,27). The number of nitrogens with one attached hydrogen (secondary N) is 1. The average Bonchev–Trinajstić information content (AvgIpc) is 3.04. The second-order valence-corrected chi connectivity index (χ2v) is 7.96. The molecule has 2 amide bonds. The van der Waals surface area contributed by atoms with Gasteiger partial charge in [0.1, 0.15) is 0 Å². The molecule has 0 aliphatic heterocycles. The van der Waals surface area contributed by atoms with Crippen LogP contribution in [0.1, 0.15) is 24.2 Å². The summed E-state index contributed by atoms with van der Waals surface area (Å²) < 4.78 is 8.43. The van der Waals surface area contributed by atoms with Gasteiger partial charge in [0.2, 0.25) is 5.91 Å². The summed E-state index contributed by atoms with van der Waals surface area (Å²) in [6.45, 7) is 5.15. The summed E-state index contributed by atoms with van der Waals surface area (Å²) in [5.74, 6) is -0.421. The van der Waals surface area contributed by atoms with Gasteiger partial charge in [0.25, 0.3) is 5.91 Å². The van der Waals surface area contributed by atoms with Crippen molar-refractivity contribution in [1.29, 1.82) is 0 Å². The van der Waals surface area contributed by atoms with E-state index in [9.17, 15) is 9.59 Å². The Balaban J connectivity index is 2.01. The summed E-state index contributed by atoms with van der Waals surface area (Å²) in [5, 5.41) is 2.79. The summed E-state index contributed by atoms with van der Waals surface area (Å²) in [5.41, 5.74) is 3.22. The Kier molecular flexibility index (Phi) is 7.02. The lowest BCUT2D eigenvalue weighted by Crippen LogP contribution is -2.19. The number of anilines is 2. The molecule has 3 rings (SSSR count). The quantitative estimate of drug-likeness (QED) is 0.587. The Labute approximate surface area is 179 Å². The number of carbonyl (C=O) groups is 2. The van der Waals surface area contributed by atoms with Crippen LogP contribution < -0.4 is 15.0 Å². The maximum absolute atomic E-state index is 12.8. The molecule has 0 atom stereocenters. The minimum absolute atomic E-state index is 0.128. The fourth-order valence-electron chi connectivity index (χ4n) is 3.01. The van der Waals surface area contributed by atoms with Gasteiger partial charge in [-0.15, -0.1) is 0 Å². The number of ether oxygens (including phenoxy) is 1. The van der Waals surface area contributed by atoms with Crippen LogP contribution in [0.25, 0.3) is 10.2 Å². The summed E-state index contributed by atoms with van der Waals surface area (Å²) in [6, 6.07) is 13.0. The van der Waals surface area contributed by atoms with Crippen molar-refractivity contribution in [2.45, 2.75) is 20.4 Å². The lowest BCUT2D eigenvalue weighted by molar-refractivity contribution is -0.114. The smallest absolute Gasteiger partial charge is 0.279 e. The highest BCUT2D eigenvalue weighted by molar-refractivity contribution is 7.16. The molecule has 0 spiro atoms. The first-order valence-corrected chi connectivity index (χ1v) is 10.6. The molecule has 158 valence electrons. The van der Waals surface area contributed by atoms with E-state index in [1.54, 1.807) is 12.1 Å². The summed E-state index contributed by atoms with van der Waals surface area (Å²) in [7, 11) is 3.91. The molecule has 8 heteroatoms. The number of carbonyl (C=O) groups excluding carboxylic acids is 2. The third-order valence-corrected chi connectivity index (χ3v) is 5.54. The Morgan fingerprint density at radius 1 is 1.17 bits per heavy atom. The van der Waals surface area contributed by atoms with Gasteiger partial charge in [-0.3, -0.25) is 9.59 Å². The number of fused-ring (bicyclic) bond motifs is 1. The van der Waals surface area contributed by atoms with E-state index in [2.05, 4.69) is 10.3 Å². The highest BCUT2D eigenvalue weighted by Crippen LogP contribution is 2.22. The minimum atomic E-state index is -0.292. The normalized spacial score (nSPS) is 11.7. The average molecular weight is 427 g/mol. The second kappa shape index (κ2) is 9.69. The Morgan fingerprint density at radius 3 is 2.53 bits per heavy atom. The van der Waals surface area contributed by atoms with Crippen LogP contribution in [0.4, 0.5) is 11.4 Å². The third-order valence-electron chi connectivity index (χ3n) is 4.49. The number of amides is 2. The lowest BCUT2D eigenvalue weighted by Gasteiger charge is -2.11. The van der Waals surface area contributed by atoms with E-state index in [-0.39, 0.29) is 11.8 Å². The number of hydrogen-bond acceptors (Lipinski definition) is 5. The predicted molar refractivity (Wildman–Crippen MR) is 121 cm³/mol. The molecule has 2 aromatic carbocycles. The second-order valence-electron chi connectivity index (χ2n) is 6.96. The van der Waals surface area contributed by atoms with E-state index in [0.29, 0.717) is 35.8 Å². The zero-order chi connectivity index (χ0) is 21.7. The molecule has 7 nitrogen and oxygen atoms in total. The monoisotopic (exact) mass is 426 g/mol. The molecule has 0 radical (unpaired) electrons. The molecular weight excluding hydrogens is 400 g/mol. The topological polar surface area (TPSA) is 75.9 Å². The van der Waals surface area contributed by atoms with Gasteiger partial charge in [0.05, 0.1) is 16.8 Å². The summed E-state index contributed by atoms with van der Waals surface area (Å²) >= 11 is 1.41. The van der Waals surface area contributed by atoms with Crippen LogP contribution in [0.3, 0.4) is 0 Å². The van der Waals surface area contributed by atoms with Crippen molar-refractivity contribution >= 4 is 44.7 Å². The highest BCUT2D eigenvalue weighted by atomic mass is 32.1. The van der Waals surface area contributed by atoms with Crippen LogP contribution in [0, 0.1) is 0 Å². The number of hydrogen-bond donors (Lipinski definition) is 1. The lowest BCUT2D eigenvalue weighted by atomic mass is 10.2. The number of nitrogens with zero attached hydrogens (tertiary/aromatic N) is 3. The number of benzene rings is 2. The molecule has 0 unspecified atom stereocenters. The van der Waals surface area contributed by atoms with Crippen LogP contribution in [0.15, 0.2) is 47.5 Å². The fourth-order valence-corrected chi connectivity index (χ4v) is 4.10. The van der Waals surface area contributed by atoms with Crippen molar-refractivity contribution in [3.8, 4) is 0 Å². The minimum Gasteiger partial charge on any atom is -0.380 e. The zero-order valence-corrected chi connectivity index (χ0v) is 18.5. The summed E-state index contributed by atoms with van der Waals surface area (Å²) in [6.07, 6.45) is 0. The molecule has 0 aliphatic carbocycles.